The summed E-state index contributed by atoms with van der Waals surface area (Å²) in [6.45, 7) is -0.209. The third kappa shape index (κ3) is 8.52. The van der Waals surface area contributed by atoms with Gasteiger partial charge in [-0.2, -0.15) is 0 Å². The Morgan fingerprint density at radius 1 is 0.714 bits per heavy atom. The summed E-state index contributed by atoms with van der Waals surface area (Å²) in [5.74, 6) is -2.44. The number of carbonyl (C=O) groups excluding carboxylic acids is 4. The molecule has 0 aliphatic rings. The van der Waals surface area contributed by atoms with E-state index in [4.69, 9.17) is 55.6 Å². The van der Waals surface area contributed by atoms with Crippen LogP contribution in [0.4, 0.5) is 11.4 Å². The maximum Gasteiger partial charge on any atom is 0.323 e. The summed E-state index contributed by atoms with van der Waals surface area (Å²) in [4.78, 5) is 48.6. The summed E-state index contributed by atoms with van der Waals surface area (Å²) in [6, 6.07) is 6.38. The van der Waals surface area contributed by atoms with Crippen molar-refractivity contribution in [3.05, 3.63) is 57.6 Å². The van der Waals surface area contributed by atoms with Crippen molar-refractivity contribution in [2.75, 3.05) is 24.7 Å². The highest BCUT2D eigenvalue weighted by Gasteiger charge is 2.23. The van der Waals surface area contributed by atoms with E-state index in [1.807, 2.05) is 0 Å². The van der Waals surface area contributed by atoms with Gasteiger partial charge in [0.05, 0.1) is 13.2 Å². The van der Waals surface area contributed by atoms with Gasteiger partial charge in [-0.25, -0.2) is 0 Å². The number of benzene rings is 2. The molecule has 10 nitrogen and oxygen atoms in total. The number of halogens is 2. The molecule has 0 bridgehead atoms. The second-order valence-corrected chi connectivity index (χ2v) is 8.49. The third-order valence-corrected chi connectivity index (χ3v) is 5.29. The van der Waals surface area contributed by atoms with Crippen molar-refractivity contribution in [3.63, 3.8) is 0 Å². The smallest absolute Gasteiger partial charge is 0.323 e. The molecule has 0 saturated heterocycles. The first-order valence-corrected chi connectivity index (χ1v) is 11.3. The minimum absolute atomic E-state index is 0.105. The average Bonchev–Trinajstić information content (AvgIpc) is 2.78. The van der Waals surface area contributed by atoms with E-state index < -0.39 is 35.6 Å². The number of hydrogen-bond donors (Lipinski definition) is 4. The van der Waals surface area contributed by atoms with Crippen molar-refractivity contribution in [2.24, 2.45) is 11.5 Å². The van der Waals surface area contributed by atoms with E-state index in [2.05, 4.69) is 0 Å². The Balaban J connectivity index is 1.69. The molecule has 8 N–H and O–H groups in total. The van der Waals surface area contributed by atoms with Gasteiger partial charge in [-0.15, -0.1) is 0 Å². The molecule has 0 radical (unpaired) electrons. The molecule has 0 aromatic heterocycles. The van der Waals surface area contributed by atoms with Crippen LogP contribution in [-0.4, -0.2) is 48.8 Å². The molecule has 188 valence electrons. The van der Waals surface area contributed by atoms with Gasteiger partial charge in [-0.05, 0) is 36.4 Å². The zero-order chi connectivity index (χ0) is 26.1. The minimum atomic E-state index is -1.19. The lowest BCUT2D eigenvalue weighted by Gasteiger charge is -2.13. The quantitative estimate of drug-likeness (QED) is 0.138. The van der Waals surface area contributed by atoms with Gasteiger partial charge in [0.2, 0.25) is 0 Å². The Morgan fingerprint density at radius 3 is 1.43 bits per heavy atom. The van der Waals surface area contributed by atoms with Gasteiger partial charge in [-0.3, -0.25) is 19.2 Å². The van der Waals surface area contributed by atoms with Gasteiger partial charge in [0, 0.05) is 51.8 Å². The molecular weight excluding hydrogens is 499 g/mol. The molecule has 35 heavy (non-hydrogen) atoms. The second-order valence-electron chi connectivity index (χ2n) is 7.62. The van der Waals surface area contributed by atoms with Gasteiger partial charge in [0.25, 0.3) is 0 Å². The highest BCUT2D eigenvalue weighted by atomic mass is 35.5. The van der Waals surface area contributed by atoms with Crippen LogP contribution in [0.15, 0.2) is 36.4 Å². The van der Waals surface area contributed by atoms with Crippen LogP contribution in [0.5, 0.6) is 0 Å². The van der Waals surface area contributed by atoms with Gasteiger partial charge >= 0.3 is 11.9 Å². The van der Waals surface area contributed by atoms with Crippen LogP contribution in [0.1, 0.15) is 40.0 Å². The van der Waals surface area contributed by atoms with Crippen LogP contribution < -0.4 is 22.9 Å². The van der Waals surface area contributed by atoms with E-state index in [1.54, 1.807) is 0 Å². The number of esters is 2. The molecule has 2 rings (SSSR count). The van der Waals surface area contributed by atoms with E-state index in [9.17, 15) is 19.2 Å². The molecule has 2 unspecified atom stereocenters. The number of anilines is 2. The Bertz CT molecular complexity index is 1030. The molecule has 0 aliphatic heterocycles. The van der Waals surface area contributed by atoms with Crippen molar-refractivity contribution >= 4 is 58.1 Å². The summed E-state index contributed by atoms with van der Waals surface area (Å²) >= 11 is 11.6. The summed E-state index contributed by atoms with van der Waals surface area (Å²) in [7, 11) is 0. The molecule has 12 heteroatoms. The fourth-order valence-corrected chi connectivity index (χ4v) is 3.34. The number of ketones is 2. The predicted molar refractivity (Wildman–Crippen MR) is 132 cm³/mol. The Labute approximate surface area is 211 Å². The maximum atomic E-state index is 12.3. The van der Waals surface area contributed by atoms with Crippen LogP contribution >= 0.6 is 23.2 Å². The van der Waals surface area contributed by atoms with Gasteiger partial charge in [-0.1, -0.05) is 23.2 Å². The number of carbonyl (C=O) groups is 4. The minimum Gasteiger partial charge on any atom is -0.464 e. The van der Waals surface area contributed by atoms with Crippen molar-refractivity contribution in [3.8, 4) is 0 Å². The van der Waals surface area contributed by atoms with Crippen LogP contribution in [0.25, 0.3) is 0 Å². The number of nitrogen functional groups attached to an aromatic ring is 2. The zero-order valence-electron chi connectivity index (χ0n) is 18.7. The molecule has 2 atom stereocenters. The Morgan fingerprint density at radius 2 is 1.09 bits per heavy atom. The van der Waals surface area contributed by atoms with Crippen LogP contribution in [-0.2, 0) is 19.1 Å². The fourth-order valence-electron chi connectivity index (χ4n) is 2.98. The maximum absolute atomic E-state index is 12.3. The van der Waals surface area contributed by atoms with Crippen LogP contribution in [0.2, 0.25) is 10.0 Å². The largest absolute Gasteiger partial charge is 0.464 e. The molecular formula is C23H26Cl2N4O6. The van der Waals surface area contributed by atoms with E-state index >= 15 is 0 Å². The summed E-state index contributed by atoms with van der Waals surface area (Å²) < 4.78 is 10.0. The predicted octanol–water partition coefficient (Wildman–Crippen LogP) is 2.13. The molecule has 0 fully saturated rings. The molecule has 0 heterocycles. The first-order valence-electron chi connectivity index (χ1n) is 10.5. The van der Waals surface area contributed by atoms with E-state index in [1.165, 1.54) is 36.4 Å². The van der Waals surface area contributed by atoms with E-state index in [0.717, 1.165) is 0 Å². The normalized spacial score (nSPS) is 12.5. The lowest BCUT2D eigenvalue weighted by atomic mass is 10.0. The summed E-state index contributed by atoms with van der Waals surface area (Å²) in [5, 5.41) is 0.754. The molecule has 0 aliphatic carbocycles. The van der Waals surface area contributed by atoms with Crippen molar-refractivity contribution < 1.29 is 28.7 Å². The van der Waals surface area contributed by atoms with Crippen molar-refractivity contribution in [1.82, 2.24) is 0 Å². The van der Waals surface area contributed by atoms with Gasteiger partial charge < -0.3 is 32.4 Å². The number of nitrogens with two attached hydrogens (primary N) is 4. The highest BCUT2D eigenvalue weighted by molar-refractivity contribution is 6.31. The molecule has 0 saturated carbocycles. The number of hydrogen-bond acceptors (Lipinski definition) is 10. The van der Waals surface area contributed by atoms with E-state index in [-0.39, 0.29) is 55.0 Å². The monoisotopic (exact) mass is 524 g/mol. The lowest BCUT2D eigenvalue weighted by Crippen LogP contribution is -2.36. The molecule has 2 aromatic rings. The van der Waals surface area contributed by atoms with Crippen molar-refractivity contribution in [2.45, 2.75) is 31.3 Å². The zero-order valence-corrected chi connectivity index (χ0v) is 20.2. The highest BCUT2D eigenvalue weighted by Crippen LogP contribution is 2.21. The fraction of sp³-hybridized carbons (Fsp3) is 0.304. The Hall–Kier alpha value is -3.18. The van der Waals surface area contributed by atoms with Gasteiger partial charge in [0.1, 0.15) is 12.1 Å². The molecule has 0 amide bonds. The second kappa shape index (κ2) is 13.1. The first kappa shape index (κ1) is 28.1. The summed E-state index contributed by atoms with van der Waals surface area (Å²) in [6.07, 6.45) is -0.450. The number of Topliss-reactive ketones (excluding diaryl/α,β-unsaturated/α-hetero) is 2. The topological polar surface area (TPSA) is 191 Å². The van der Waals surface area contributed by atoms with Gasteiger partial charge in [0.15, 0.2) is 11.6 Å². The summed E-state index contributed by atoms with van der Waals surface area (Å²) in [5.41, 5.74) is 23.8. The standard InChI is InChI=1S/C23H26Cl2N4O6/c24-12-2-4-14(16(26)8-12)20(30)10-18(28)22(32)34-6-1-7-35-23(33)19(29)11-21(31)15-5-3-13(25)9-17(15)27/h2-5,8-9,18-19H,1,6-7,10-11,26-29H2. The SMILES string of the molecule is Nc1cc(Cl)ccc1C(=O)CC(N)C(=O)OCCCOC(=O)C(N)CC(=O)c1ccc(Cl)cc1N. The number of rotatable bonds is 12. The molecule has 2 aromatic carbocycles. The molecule has 0 spiro atoms. The number of ether oxygens (including phenoxy) is 2. The lowest BCUT2D eigenvalue weighted by molar-refractivity contribution is -0.147. The van der Waals surface area contributed by atoms with Crippen molar-refractivity contribution in [1.29, 1.82) is 0 Å². The average molecular weight is 525 g/mol. The Kier molecular flexibility index (Phi) is 10.5. The third-order valence-electron chi connectivity index (χ3n) is 4.82. The van der Waals surface area contributed by atoms with E-state index in [0.29, 0.717) is 10.0 Å². The van der Waals surface area contributed by atoms with Crippen LogP contribution in [0, 0.1) is 0 Å². The first-order chi connectivity index (χ1) is 16.5. The van der Waals surface area contributed by atoms with Crippen LogP contribution in [0.3, 0.4) is 0 Å².